The van der Waals surface area contributed by atoms with Crippen molar-refractivity contribution >= 4 is 33.2 Å². The van der Waals surface area contributed by atoms with Crippen LogP contribution in [0.2, 0.25) is 0 Å². The van der Waals surface area contributed by atoms with E-state index in [2.05, 4.69) is 5.32 Å². The van der Waals surface area contributed by atoms with E-state index in [9.17, 15) is 13.2 Å². The molecule has 1 amide bonds. The Morgan fingerprint density at radius 3 is 2.52 bits per heavy atom. The second-order valence-corrected chi connectivity index (χ2v) is 10.8. The van der Waals surface area contributed by atoms with E-state index in [1.807, 2.05) is 16.3 Å². The lowest BCUT2D eigenvalue weighted by Gasteiger charge is -2.32. The lowest BCUT2D eigenvalue weighted by molar-refractivity contribution is 0.0958. The van der Waals surface area contributed by atoms with Crippen LogP contribution in [0.4, 0.5) is 0 Å². The summed E-state index contributed by atoms with van der Waals surface area (Å²) in [6.45, 7) is 1.40. The van der Waals surface area contributed by atoms with E-state index < -0.39 is 10.0 Å². The standard InChI is InChI=1S/C22H28N4O3S2/c23-22-25(18-5-2-1-3-6-18)14-15-26(22)31(28,29)19-10-8-17(9-11-19)12-13-24-21(27)20-7-4-16-30-20/h4,7-11,16,18,23H,1-3,5-6,12-15H2,(H,24,27). The Morgan fingerprint density at radius 2 is 1.84 bits per heavy atom. The number of guanidine groups is 1. The maximum atomic E-state index is 13.1. The molecule has 0 spiro atoms. The van der Waals surface area contributed by atoms with Crippen LogP contribution in [0.25, 0.3) is 0 Å². The SMILES string of the molecule is N=C1N(C2CCCCC2)CCN1S(=O)(=O)c1ccc(CCNC(=O)c2cccs2)cc1. The fourth-order valence-electron chi connectivity index (χ4n) is 4.31. The van der Waals surface area contributed by atoms with E-state index in [1.165, 1.54) is 22.1 Å². The molecule has 1 aromatic heterocycles. The highest BCUT2D eigenvalue weighted by molar-refractivity contribution is 7.89. The Morgan fingerprint density at radius 1 is 1.10 bits per heavy atom. The van der Waals surface area contributed by atoms with Gasteiger partial charge in [-0.2, -0.15) is 0 Å². The molecule has 1 saturated heterocycles. The minimum atomic E-state index is -3.74. The van der Waals surface area contributed by atoms with E-state index in [1.54, 1.807) is 30.3 Å². The van der Waals surface area contributed by atoms with Crippen molar-refractivity contribution < 1.29 is 13.2 Å². The highest BCUT2D eigenvalue weighted by atomic mass is 32.2. The third-order valence-corrected chi connectivity index (χ3v) is 8.70. The molecule has 2 heterocycles. The Kier molecular flexibility index (Phi) is 6.62. The van der Waals surface area contributed by atoms with Crippen molar-refractivity contribution in [1.82, 2.24) is 14.5 Å². The van der Waals surface area contributed by atoms with Gasteiger partial charge in [-0.05, 0) is 48.4 Å². The van der Waals surface area contributed by atoms with Gasteiger partial charge in [0.05, 0.1) is 16.3 Å². The van der Waals surface area contributed by atoms with Gasteiger partial charge in [0.15, 0.2) is 0 Å². The fourth-order valence-corrected chi connectivity index (χ4v) is 6.34. The zero-order valence-electron chi connectivity index (χ0n) is 17.4. The number of rotatable bonds is 7. The number of nitrogens with one attached hydrogen (secondary N) is 2. The van der Waals surface area contributed by atoms with Crippen LogP contribution in [0.1, 0.15) is 47.3 Å². The number of carbonyl (C=O) groups is 1. The number of benzene rings is 1. The first kappa shape index (κ1) is 21.8. The van der Waals surface area contributed by atoms with Crippen LogP contribution in [-0.4, -0.2) is 55.2 Å². The number of sulfonamides is 1. The molecule has 2 N–H and O–H groups in total. The van der Waals surface area contributed by atoms with Gasteiger partial charge in [0, 0.05) is 19.1 Å². The zero-order valence-corrected chi connectivity index (χ0v) is 19.1. The van der Waals surface area contributed by atoms with Crippen LogP contribution in [-0.2, 0) is 16.4 Å². The van der Waals surface area contributed by atoms with Gasteiger partial charge < -0.3 is 10.2 Å². The predicted molar refractivity (Wildman–Crippen MR) is 122 cm³/mol. The highest BCUT2D eigenvalue weighted by Crippen LogP contribution is 2.28. The lowest BCUT2D eigenvalue weighted by atomic mass is 9.94. The van der Waals surface area contributed by atoms with Gasteiger partial charge in [-0.1, -0.05) is 37.5 Å². The van der Waals surface area contributed by atoms with Gasteiger partial charge in [0.2, 0.25) is 5.96 Å². The monoisotopic (exact) mass is 460 g/mol. The smallest absolute Gasteiger partial charge is 0.266 e. The summed E-state index contributed by atoms with van der Waals surface area (Å²) < 4.78 is 27.5. The van der Waals surface area contributed by atoms with E-state index in [4.69, 9.17) is 5.41 Å². The number of carbonyl (C=O) groups excluding carboxylic acids is 1. The van der Waals surface area contributed by atoms with Crippen LogP contribution in [0.15, 0.2) is 46.7 Å². The van der Waals surface area contributed by atoms with Crippen LogP contribution in [0.3, 0.4) is 0 Å². The van der Waals surface area contributed by atoms with Gasteiger partial charge in [0.25, 0.3) is 15.9 Å². The van der Waals surface area contributed by atoms with Gasteiger partial charge in [-0.3, -0.25) is 10.2 Å². The van der Waals surface area contributed by atoms with Crippen LogP contribution in [0, 0.1) is 5.41 Å². The first-order chi connectivity index (χ1) is 15.0. The van der Waals surface area contributed by atoms with Gasteiger partial charge in [0.1, 0.15) is 0 Å². The molecule has 9 heteroatoms. The molecule has 0 radical (unpaired) electrons. The molecule has 1 aliphatic heterocycles. The quantitative estimate of drug-likeness (QED) is 0.663. The summed E-state index contributed by atoms with van der Waals surface area (Å²) in [4.78, 5) is 14.8. The Hall–Kier alpha value is -2.39. The second-order valence-electron chi connectivity index (χ2n) is 8.01. The van der Waals surface area contributed by atoms with Gasteiger partial charge >= 0.3 is 0 Å². The summed E-state index contributed by atoms with van der Waals surface area (Å²) in [5.41, 5.74) is 0.950. The van der Waals surface area contributed by atoms with E-state index in [0.717, 1.165) is 31.2 Å². The maximum absolute atomic E-state index is 13.1. The van der Waals surface area contributed by atoms with Crippen molar-refractivity contribution in [2.75, 3.05) is 19.6 Å². The van der Waals surface area contributed by atoms with Crippen molar-refractivity contribution in [1.29, 1.82) is 5.41 Å². The van der Waals surface area contributed by atoms with E-state index >= 15 is 0 Å². The molecule has 1 aliphatic carbocycles. The molecule has 0 atom stereocenters. The number of nitrogens with zero attached hydrogens (tertiary/aromatic N) is 2. The van der Waals surface area contributed by atoms with E-state index in [-0.39, 0.29) is 22.8 Å². The third kappa shape index (κ3) is 4.77. The molecule has 0 unspecified atom stereocenters. The molecule has 4 rings (SSSR count). The summed E-state index contributed by atoms with van der Waals surface area (Å²) in [6, 6.07) is 10.7. The largest absolute Gasteiger partial charge is 0.351 e. The topological polar surface area (TPSA) is 93.6 Å². The van der Waals surface area contributed by atoms with E-state index in [0.29, 0.717) is 30.9 Å². The molecular weight excluding hydrogens is 432 g/mol. The van der Waals surface area contributed by atoms with Crippen molar-refractivity contribution in [2.24, 2.45) is 0 Å². The predicted octanol–water partition coefficient (Wildman–Crippen LogP) is 3.29. The molecule has 7 nitrogen and oxygen atoms in total. The molecule has 2 aliphatic rings. The average molecular weight is 461 g/mol. The third-order valence-electron chi connectivity index (χ3n) is 6.02. The van der Waals surface area contributed by atoms with Crippen molar-refractivity contribution in [3.05, 3.63) is 52.2 Å². The number of thiophene rings is 1. The Balaban J connectivity index is 1.35. The molecule has 1 aromatic carbocycles. The Bertz CT molecular complexity index is 1010. The number of hydrogen-bond donors (Lipinski definition) is 2. The van der Waals surface area contributed by atoms with Gasteiger partial charge in [-0.25, -0.2) is 12.7 Å². The van der Waals surface area contributed by atoms with Crippen molar-refractivity contribution in [2.45, 2.75) is 49.5 Å². The number of hydrogen-bond acceptors (Lipinski definition) is 5. The fraction of sp³-hybridized carbons (Fsp3) is 0.455. The molecule has 2 fully saturated rings. The average Bonchev–Trinajstić information content (AvgIpc) is 3.45. The zero-order chi connectivity index (χ0) is 21.8. The molecule has 0 bridgehead atoms. The molecule has 2 aromatic rings. The minimum absolute atomic E-state index is 0.0933. The highest BCUT2D eigenvalue weighted by Gasteiger charge is 2.38. The van der Waals surface area contributed by atoms with Crippen LogP contribution in [0.5, 0.6) is 0 Å². The van der Waals surface area contributed by atoms with Gasteiger partial charge in [-0.15, -0.1) is 11.3 Å². The maximum Gasteiger partial charge on any atom is 0.266 e. The summed E-state index contributed by atoms with van der Waals surface area (Å²) in [5.74, 6) is 0.0107. The number of amides is 1. The molecule has 166 valence electrons. The van der Waals surface area contributed by atoms with Crippen molar-refractivity contribution in [3.8, 4) is 0 Å². The van der Waals surface area contributed by atoms with Crippen LogP contribution < -0.4 is 5.32 Å². The molecular formula is C22H28N4O3S2. The summed E-state index contributed by atoms with van der Waals surface area (Å²) in [5, 5.41) is 13.2. The summed E-state index contributed by atoms with van der Waals surface area (Å²) in [6.07, 6.45) is 6.21. The summed E-state index contributed by atoms with van der Waals surface area (Å²) >= 11 is 1.40. The van der Waals surface area contributed by atoms with Crippen LogP contribution >= 0.6 is 11.3 Å². The first-order valence-corrected chi connectivity index (χ1v) is 13.1. The molecule has 31 heavy (non-hydrogen) atoms. The minimum Gasteiger partial charge on any atom is -0.351 e. The first-order valence-electron chi connectivity index (χ1n) is 10.8. The normalized spacial score (nSPS) is 17.9. The van der Waals surface area contributed by atoms with Crippen molar-refractivity contribution in [3.63, 3.8) is 0 Å². The second kappa shape index (κ2) is 9.40. The Labute approximate surface area is 187 Å². The summed E-state index contributed by atoms with van der Waals surface area (Å²) in [7, 11) is -3.74. The lowest BCUT2D eigenvalue weighted by Crippen LogP contribution is -2.42. The molecule has 1 saturated carbocycles.